The molecule has 3 aromatic rings. The number of aromatic nitrogens is 1. The number of nitrogens with zero attached hydrogens (tertiary/aromatic N) is 3. The first-order valence-corrected chi connectivity index (χ1v) is 12.2. The predicted octanol–water partition coefficient (Wildman–Crippen LogP) is 2.94. The molecule has 0 bridgehead atoms. The molecule has 1 aliphatic rings. The Morgan fingerprint density at radius 1 is 1.12 bits per heavy atom. The van der Waals surface area contributed by atoms with Gasteiger partial charge in [0.25, 0.3) is 10.0 Å². The summed E-state index contributed by atoms with van der Waals surface area (Å²) in [7, 11) is -0.788. The van der Waals surface area contributed by atoms with Crippen molar-refractivity contribution in [3.63, 3.8) is 0 Å². The molecule has 32 heavy (non-hydrogen) atoms. The minimum atomic E-state index is -3.94. The van der Waals surface area contributed by atoms with E-state index in [4.69, 9.17) is 9.47 Å². The quantitative estimate of drug-likeness (QED) is 0.524. The molecule has 0 saturated heterocycles. The highest BCUT2D eigenvalue weighted by molar-refractivity contribution is 7.93. The topological polar surface area (TPSA) is 89.0 Å². The molecule has 2 aromatic carbocycles. The Hall–Kier alpha value is -3.11. The number of ether oxygens (including phenoxy) is 2. The number of anilines is 1. The molecular weight excluding hydrogens is 450 g/mol. The summed E-state index contributed by atoms with van der Waals surface area (Å²) in [6.45, 7) is 0.525. The lowest BCUT2D eigenvalue weighted by atomic mass is 9.98. The van der Waals surface area contributed by atoms with Gasteiger partial charge in [-0.1, -0.05) is 18.2 Å². The van der Waals surface area contributed by atoms with Crippen molar-refractivity contribution < 1.29 is 22.7 Å². The number of carbonyl (C=O) groups excluding carboxylic acids is 1. The van der Waals surface area contributed by atoms with Gasteiger partial charge in [0, 0.05) is 24.7 Å². The zero-order valence-electron chi connectivity index (χ0n) is 17.7. The van der Waals surface area contributed by atoms with E-state index in [9.17, 15) is 13.2 Å². The van der Waals surface area contributed by atoms with E-state index in [-0.39, 0.29) is 22.5 Å². The van der Waals surface area contributed by atoms with Gasteiger partial charge in [-0.05, 0) is 41.8 Å². The Morgan fingerprint density at radius 3 is 2.44 bits per heavy atom. The van der Waals surface area contributed by atoms with Crippen molar-refractivity contribution in [1.82, 2.24) is 9.88 Å². The first kappa shape index (κ1) is 22.1. The molecule has 0 atom stereocenters. The fourth-order valence-electron chi connectivity index (χ4n) is 3.63. The molecular formula is C22H23N3O5S2. The number of amides is 1. The second kappa shape index (κ2) is 9.17. The lowest BCUT2D eigenvalue weighted by Crippen LogP contribution is -2.44. The molecule has 0 fully saturated rings. The first-order valence-electron chi connectivity index (χ1n) is 9.93. The fourth-order valence-corrected chi connectivity index (χ4v) is 5.89. The Kier molecular flexibility index (Phi) is 6.33. The summed E-state index contributed by atoms with van der Waals surface area (Å²) < 4.78 is 38.4. The van der Waals surface area contributed by atoms with Gasteiger partial charge >= 0.3 is 0 Å². The Labute approximate surface area is 191 Å². The van der Waals surface area contributed by atoms with Gasteiger partial charge in [0.2, 0.25) is 5.91 Å². The van der Waals surface area contributed by atoms with Crippen molar-refractivity contribution in [2.24, 2.45) is 0 Å². The zero-order chi connectivity index (χ0) is 22.7. The molecule has 168 valence electrons. The van der Waals surface area contributed by atoms with Crippen LogP contribution in [0.1, 0.15) is 11.1 Å². The van der Waals surface area contributed by atoms with E-state index in [0.29, 0.717) is 31.0 Å². The number of thiazole rings is 1. The maximum Gasteiger partial charge on any atom is 0.266 e. The molecule has 2 heterocycles. The van der Waals surface area contributed by atoms with Gasteiger partial charge in [0.1, 0.15) is 6.54 Å². The average Bonchev–Trinajstić information content (AvgIpc) is 3.35. The summed E-state index contributed by atoms with van der Waals surface area (Å²) in [6, 6.07) is 11.9. The maximum absolute atomic E-state index is 13.3. The summed E-state index contributed by atoms with van der Waals surface area (Å²) in [6.07, 6.45) is 2.17. The molecule has 0 saturated carbocycles. The van der Waals surface area contributed by atoms with Gasteiger partial charge in [-0.2, -0.15) is 0 Å². The van der Waals surface area contributed by atoms with Gasteiger partial charge in [0.15, 0.2) is 16.6 Å². The molecule has 1 aromatic heterocycles. The van der Waals surface area contributed by atoms with Crippen LogP contribution < -0.4 is 13.8 Å². The Morgan fingerprint density at radius 2 is 1.81 bits per heavy atom. The van der Waals surface area contributed by atoms with Crippen LogP contribution in [0.4, 0.5) is 5.13 Å². The normalized spacial score (nSPS) is 13.4. The first-order chi connectivity index (χ1) is 15.4. The summed E-state index contributed by atoms with van der Waals surface area (Å²) in [4.78, 5) is 19.1. The van der Waals surface area contributed by atoms with E-state index in [1.165, 1.54) is 29.7 Å². The monoisotopic (exact) mass is 473 g/mol. The summed E-state index contributed by atoms with van der Waals surface area (Å²) >= 11 is 1.17. The van der Waals surface area contributed by atoms with Gasteiger partial charge in [-0.3, -0.25) is 4.79 Å². The van der Waals surface area contributed by atoms with E-state index in [1.807, 2.05) is 12.1 Å². The van der Waals surface area contributed by atoms with Crippen LogP contribution in [0.3, 0.4) is 0 Å². The van der Waals surface area contributed by atoms with Crippen molar-refractivity contribution >= 4 is 32.4 Å². The van der Waals surface area contributed by atoms with Crippen LogP contribution in [0.2, 0.25) is 0 Å². The van der Waals surface area contributed by atoms with Crippen LogP contribution in [0.25, 0.3) is 0 Å². The van der Waals surface area contributed by atoms with Gasteiger partial charge in [-0.25, -0.2) is 17.7 Å². The highest BCUT2D eigenvalue weighted by atomic mass is 32.2. The molecule has 0 spiro atoms. The number of hydrogen-bond donors (Lipinski definition) is 0. The van der Waals surface area contributed by atoms with Gasteiger partial charge in [0.05, 0.1) is 19.1 Å². The third kappa shape index (κ3) is 4.28. The van der Waals surface area contributed by atoms with Crippen LogP contribution in [0.15, 0.2) is 58.9 Å². The van der Waals surface area contributed by atoms with Crippen molar-refractivity contribution in [2.45, 2.75) is 17.9 Å². The van der Waals surface area contributed by atoms with E-state index in [1.54, 1.807) is 42.7 Å². The van der Waals surface area contributed by atoms with Crippen molar-refractivity contribution in [1.29, 1.82) is 0 Å². The van der Waals surface area contributed by atoms with E-state index < -0.39 is 10.0 Å². The Bertz CT molecular complexity index is 1200. The number of sulfonamides is 1. The lowest BCUT2D eigenvalue weighted by molar-refractivity contribution is -0.130. The van der Waals surface area contributed by atoms with Crippen LogP contribution in [-0.2, 0) is 27.8 Å². The SMILES string of the molecule is COc1cc2c(cc1OC)CN(C(=O)CN(c1nccs1)S(=O)(=O)c1ccccc1)CC2. The van der Waals surface area contributed by atoms with Crippen molar-refractivity contribution in [3.8, 4) is 11.5 Å². The van der Waals surface area contributed by atoms with Crippen LogP contribution >= 0.6 is 11.3 Å². The number of methoxy groups -OCH3 is 2. The van der Waals surface area contributed by atoms with Gasteiger partial charge < -0.3 is 14.4 Å². The fraction of sp³-hybridized carbons (Fsp3) is 0.273. The number of benzene rings is 2. The van der Waals surface area contributed by atoms with Crippen LogP contribution in [0, 0.1) is 0 Å². The molecule has 0 aliphatic carbocycles. The number of hydrogen-bond acceptors (Lipinski definition) is 7. The third-order valence-corrected chi connectivity index (χ3v) is 7.97. The third-order valence-electron chi connectivity index (χ3n) is 5.31. The lowest BCUT2D eigenvalue weighted by Gasteiger charge is -2.31. The largest absolute Gasteiger partial charge is 0.493 e. The van der Waals surface area contributed by atoms with Gasteiger partial charge in [-0.15, -0.1) is 11.3 Å². The molecule has 0 unspecified atom stereocenters. The number of rotatable bonds is 7. The van der Waals surface area contributed by atoms with E-state index in [0.717, 1.165) is 15.4 Å². The molecule has 0 N–H and O–H groups in total. The maximum atomic E-state index is 13.3. The summed E-state index contributed by atoms with van der Waals surface area (Å²) in [5.74, 6) is 0.951. The highest BCUT2D eigenvalue weighted by Crippen LogP contribution is 2.33. The zero-order valence-corrected chi connectivity index (χ0v) is 19.4. The van der Waals surface area contributed by atoms with Crippen LogP contribution in [0.5, 0.6) is 11.5 Å². The van der Waals surface area contributed by atoms with Crippen molar-refractivity contribution in [3.05, 3.63) is 65.2 Å². The highest BCUT2D eigenvalue weighted by Gasteiger charge is 2.31. The second-order valence-corrected chi connectivity index (χ2v) is 9.92. The van der Waals surface area contributed by atoms with Crippen LogP contribution in [-0.4, -0.2) is 51.5 Å². The van der Waals surface area contributed by atoms with E-state index in [2.05, 4.69) is 4.98 Å². The molecule has 1 amide bonds. The summed E-state index contributed by atoms with van der Waals surface area (Å²) in [5, 5.41) is 1.94. The summed E-state index contributed by atoms with van der Waals surface area (Å²) in [5.41, 5.74) is 2.04. The average molecular weight is 474 g/mol. The number of carbonyl (C=O) groups is 1. The minimum Gasteiger partial charge on any atom is -0.493 e. The molecule has 4 rings (SSSR count). The molecule has 0 radical (unpaired) electrons. The Balaban J connectivity index is 1.59. The van der Waals surface area contributed by atoms with Crippen molar-refractivity contribution in [2.75, 3.05) is 31.6 Å². The number of fused-ring (bicyclic) bond motifs is 1. The standard InChI is InChI=1S/C22H23N3O5S2/c1-29-19-12-16-8-10-24(14-17(16)13-20(19)30-2)21(26)15-25(22-23-9-11-31-22)32(27,28)18-6-4-3-5-7-18/h3-7,9,11-13H,8,10,14-15H2,1-2H3. The smallest absolute Gasteiger partial charge is 0.266 e. The van der Waals surface area contributed by atoms with E-state index >= 15 is 0 Å². The predicted molar refractivity (Wildman–Crippen MR) is 122 cm³/mol. The second-order valence-electron chi connectivity index (χ2n) is 7.18. The molecule has 8 nitrogen and oxygen atoms in total. The molecule has 10 heteroatoms. The molecule has 1 aliphatic heterocycles. The minimum absolute atomic E-state index is 0.115.